The van der Waals surface area contributed by atoms with E-state index in [1.165, 1.54) is 5.56 Å². The fraction of sp³-hybridized carbons (Fsp3) is 0.733. The molecule has 0 amide bonds. The second-order valence-corrected chi connectivity index (χ2v) is 5.49. The first-order chi connectivity index (χ1) is 9.01. The topological polar surface area (TPSA) is 49.8 Å². The Kier molecular flexibility index (Phi) is 6.06. The summed E-state index contributed by atoms with van der Waals surface area (Å²) < 4.78 is 0. The van der Waals surface area contributed by atoms with Gasteiger partial charge in [0.05, 0.1) is 0 Å². The van der Waals surface area contributed by atoms with Gasteiger partial charge in [-0.2, -0.15) is 0 Å². The number of rotatable bonds is 7. The second kappa shape index (κ2) is 7.31. The van der Waals surface area contributed by atoms with Crippen molar-refractivity contribution in [1.29, 1.82) is 0 Å². The summed E-state index contributed by atoms with van der Waals surface area (Å²) in [5.74, 6) is 2.93. The third-order valence-corrected chi connectivity index (χ3v) is 3.67. The molecule has 0 bridgehead atoms. The van der Waals surface area contributed by atoms with E-state index in [1.54, 1.807) is 6.33 Å². The van der Waals surface area contributed by atoms with E-state index in [0.29, 0.717) is 17.9 Å². The van der Waals surface area contributed by atoms with Crippen LogP contribution in [0.3, 0.4) is 0 Å². The van der Waals surface area contributed by atoms with E-state index in [0.717, 1.165) is 24.6 Å². The minimum atomic E-state index is 0.391. The predicted molar refractivity (Wildman–Crippen MR) is 82.8 cm³/mol. The van der Waals surface area contributed by atoms with Crippen LogP contribution < -0.4 is 10.6 Å². The highest BCUT2D eigenvalue weighted by Crippen LogP contribution is 2.29. The molecule has 1 aromatic heterocycles. The Morgan fingerprint density at radius 1 is 1.05 bits per heavy atom. The zero-order valence-electron chi connectivity index (χ0n) is 13.1. The smallest absolute Gasteiger partial charge is 0.135 e. The van der Waals surface area contributed by atoms with E-state index in [1.807, 2.05) is 0 Å². The number of nitrogens with zero attached hydrogens (tertiary/aromatic N) is 2. The summed E-state index contributed by atoms with van der Waals surface area (Å²) in [4.78, 5) is 8.80. The molecule has 4 heteroatoms. The Morgan fingerprint density at radius 3 is 2.21 bits per heavy atom. The van der Waals surface area contributed by atoms with Crippen molar-refractivity contribution in [1.82, 2.24) is 9.97 Å². The first-order valence-electron chi connectivity index (χ1n) is 7.36. The van der Waals surface area contributed by atoms with Crippen molar-refractivity contribution < 1.29 is 0 Å². The van der Waals surface area contributed by atoms with Crippen molar-refractivity contribution in [3.63, 3.8) is 0 Å². The Labute approximate surface area is 117 Å². The van der Waals surface area contributed by atoms with Gasteiger partial charge in [-0.25, -0.2) is 9.97 Å². The van der Waals surface area contributed by atoms with Crippen molar-refractivity contribution in [3.8, 4) is 0 Å². The molecule has 2 atom stereocenters. The molecule has 2 unspecified atom stereocenters. The van der Waals surface area contributed by atoms with Crippen molar-refractivity contribution in [2.45, 2.75) is 59.9 Å². The Balaban J connectivity index is 3.02. The first-order valence-corrected chi connectivity index (χ1v) is 7.36. The summed E-state index contributed by atoms with van der Waals surface area (Å²) in [6.45, 7) is 14.0. The Hall–Kier alpha value is -1.32. The molecule has 0 saturated carbocycles. The van der Waals surface area contributed by atoms with Gasteiger partial charge in [-0.3, -0.25) is 0 Å². The number of hydrogen-bond acceptors (Lipinski definition) is 4. The molecule has 1 aromatic rings. The fourth-order valence-electron chi connectivity index (χ4n) is 2.08. The van der Waals surface area contributed by atoms with Gasteiger partial charge in [-0.05, 0) is 25.7 Å². The quantitative estimate of drug-likeness (QED) is 0.784. The predicted octanol–water partition coefficient (Wildman–Crippen LogP) is 3.88. The van der Waals surface area contributed by atoms with Crippen LogP contribution in [0.4, 0.5) is 11.6 Å². The van der Waals surface area contributed by atoms with Gasteiger partial charge in [-0.15, -0.1) is 0 Å². The number of aromatic nitrogens is 2. The van der Waals surface area contributed by atoms with Gasteiger partial charge in [0.25, 0.3) is 0 Å². The summed E-state index contributed by atoms with van der Waals surface area (Å²) in [6.07, 6.45) is 2.80. The molecule has 0 aliphatic carbocycles. The summed E-state index contributed by atoms with van der Waals surface area (Å²) in [6, 6.07) is 0.409. The summed E-state index contributed by atoms with van der Waals surface area (Å²) in [7, 11) is 0. The first kappa shape index (κ1) is 15.7. The van der Waals surface area contributed by atoms with Crippen LogP contribution >= 0.6 is 0 Å². The van der Waals surface area contributed by atoms with Crippen molar-refractivity contribution >= 4 is 11.6 Å². The van der Waals surface area contributed by atoms with Crippen LogP contribution in [0.25, 0.3) is 0 Å². The molecule has 0 saturated heterocycles. The maximum absolute atomic E-state index is 4.44. The van der Waals surface area contributed by atoms with E-state index in [2.05, 4.69) is 62.1 Å². The van der Waals surface area contributed by atoms with Gasteiger partial charge < -0.3 is 10.6 Å². The highest BCUT2D eigenvalue weighted by molar-refractivity contribution is 5.59. The fourth-order valence-corrected chi connectivity index (χ4v) is 2.08. The molecule has 0 radical (unpaired) electrons. The molecule has 108 valence electrons. The molecule has 1 heterocycles. The van der Waals surface area contributed by atoms with E-state index in [-0.39, 0.29) is 0 Å². The number of hydrogen-bond donors (Lipinski definition) is 2. The zero-order chi connectivity index (χ0) is 14.4. The lowest BCUT2D eigenvalue weighted by Gasteiger charge is -2.24. The molecule has 4 nitrogen and oxygen atoms in total. The van der Waals surface area contributed by atoms with Gasteiger partial charge in [0.15, 0.2) is 0 Å². The van der Waals surface area contributed by atoms with Gasteiger partial charge >= 0.3 is 0 Å². The largest absolute Gasteiger partial charge is 0.370 e. The molecule has 0 aromatic carbocycles. The number of nitrogens with one attached hydrogen (secondary N) is 2. The van der Waals surface area contributed by atoms with Crippen LogP contribution in [0.1, 0.15) is 59.4 Å². The molecular weight excluding hydrogens is 236 g/mol. The van der Waals surface area contributed by atoms with Crippen molar-refractivity contribution in [2.24, 2.45) is 5.92 Å². The molecule has 0 aliphatic rings. The zero-order valence-corrected chi connectivity index (χ0v) is 13.1. The van der Waals surface area contributed by atoms with Gasteiger partial charge in [0, 0.05) is 18.2 Å². The molecule has 0 aliphatic heterocycles. The average Bonchev–Trinajstić information content (AvgIpc) is 2.37. The standard InChI is InChI=1S/C15H28N4/c1-7-11(5)12(6)19-15-13(10(3)4)14(16-8-2)17-9-18-15/h9-12H,7-8H2,1-6H3,(H2,16,17,18,19). The van der Waals surface area contributed by atoms with E-state index in [9.17, 15) is 0 Å². The van der Waals surface area contributed by atoms with Crippen LogP contribution in [-0.2, 0) is 0 Å². The maximum Gasteiger partial charge on any atom is 0.135 e. The molecule has 2 N–H and O–H groups in total. The average molecular weight is 264 g/mol. The highest BCUT2D eigenvalue weighted by atomic mass is 15.1. The summed E-state index contributed by atoms with van der Waals surface area (Å²) in [5.41, 5.74) is 1.18. The van der Waals surface area contributed by atoms with E-state index < -0.39 is 0 Å². The third kappa shape index (κ3) is 4.08. The molecule has 1 rings (SSSR count). The minimum Gasteiger partial charge on any atom is -0.370 e. The van der Waals surface area contributed by atoms with Crippen molar-refractivity contribution in [3.05, 3.63) is 11.9 Å². The molecular formula is C15H28N4. The highest BCUT2D eigenvalue weighted by Gasteiger charge is 2.17. The lowest BCUT2D eigenvalue weighted by molar-refractivity contribution is 0.493. The number of anilines is 2. The molecule has 0 fully saturated rings. The van der Waals surface area contributed by atoms with Gasteiger partial charge in [0.2, 0.25) is 0 Å². The third-order valence-electron chi connectivity index (χ3n) is 3.67. The van der Waals surface area contributed by atoms with E-state index in [4.69, 9.17) is 0 Å². The van der Waals surface area contributed by atoms with E-state index >= 15 is 0 Å². The summed E-state index contributed by atoms with van der Waals surface area (Å²) >= 11 is 0. The second-order valence-electron chi connectivity index (χ2n) is 5.49. The van der Waals surface area contributed by atoms with Crippen LogP contribution in [0.5, 0.6) is 0 Å². The summed E-state index contributed by atoms with van der Waals surface area (Å²) in [5, 5.41) is 6.87. The lowest BCUT2D eigenvalue weighted by Crippen LogP contribution is -2.25. The van der Waals surface area contributed by atoms with Crippen LogP contribution in [0, 0.1) is 5.92 Å². The molecule has 0 spiro atoms. The van der Waals surface area contributed by atoms with Gasteiger partial charge in [-0.1, -0.05) is 34.1 Å². The normalized spacial score (nSPS) is 14.3. The van der Waals surface area contributed by atoms with Crippen molar-refractivity contribution in [2.75, 3.05) is 17.2 Å². The maximum atomic E-state index is 4.44. The Bertz CT molecular complexity index is 390. The Morgan fingerprint density at radius 2 is 1.68 bits per heavy atom. The molecule has 19 heavy (non-hydrogen) atoms. The van der Waals surface area contributed by atoms with Crippen LogP contribution in [-0.4, -0.2) is 22.6 Å². The lowest BCUT2D eigenvalue weighted by atomic mass is 9.99. The monoisotopic (exact) mass is 264 g/mol. The van der Waals surface area contributed by atoms with Gasteiger partial charge in [0.1, 0.15) is 18.0 Å². The minimum absolute atomic E-state index is 0.391. The van der Waals surface area contributed by atoms with Crippen LogP contribution in [0.2, 0.25) is 0 Å². The SMILES string of the molecule is CCNc1ncnc(NC(C)C(C)CC)c1C(C)C. The van der Waals surface area contributed by atoms with Crippen LogP contribution in [0.15, 0.2) is 6.33 Å².